The van der Waals surface area contributed by atoms with Gasteiger partial charge in [-0.2, -0.15) is 0 Å². The number of ketones is 1. The summed E-state index contributed by atoms with van der Waals surface area (Å²) in [5, 5.41) is 0. The smallest absolute Gasteiger partial charge is 0.136 e. The van der Waals surface area contributed by atoms with E-state index >= 15 is 0 Å². The number of carbonyl (C=O) groups excluding carboxylic acids is 1. The lowest BCUT2D eigenvalue weighted by Gasteiger charge is -2.36. The minimum absolute atomic E-state index is 0.302. The zero-order chi connectivity index (χ0) is 9.97. The topological polar surface area (TPSA) is 43.1 Å². The maximum Gasteiger partial charge on any atom is 0.136 e. The summed E-state index contributed by atoms with van der Waals surface area (Å²) in [4.78, 5) is 11.8. The molecule has 14 heavy (non-hydrogen) atoms. The van der Waals surface area contributed by atoms with Crippen molar-refractivity contribution in [2.45, 2.75) is 57.4 Å². The van der Waals surface area contributed by atoms with Gasteiger partial charge in [-0.25, -0.2) is 0 Å². The first-order valence-corrected chi connectivity index (χ1v) is 6.07. The molecule has 2 fully saturated rings. The largest absolute Gasteiger partial charge is 0.327 e. The molecule has 3 unspecified atom stereocenters. The second-order valence-electron chi connectivity index (χ2n) is 4.93. The van der Waals surface area contributed by atoms with Crippen molar-refractivity contribution >= 4 is 5.78 Å². The molecule has 2 saturated carbocycles. The molecule has 0 aromatic carbocycles. The Labute approximate surface area is 86.2 Å². The highest BCUT2D eigenvalue weighted by molar-refractivity contribution is 5.82. The molecule has 80 valence electrons. The lowest BCUT2D eigenvalue weighted by molar-refractivity contribution is -0.127. The van der Waals surface area contributed by atoms with Crippen molar-refractivity contribution in [2.24, 2.45) is 17.6 Å². The summed E-state index contributed by atoms with van der Waals surface area (Å²) in [6, 6.07) is 0.302. The number of rotatable bonds is 1. The van der Waals surface area contributed by atoms with Crippen LogP contribution in [0.1, 0.15) is 51.4 Å². The fourth-order valence-corrected chi connectivity index (χ4v) is 3.15. The number of Topliss-reactive ketones (excluding diaryl/α,β-unsaturated/α-hetero) is 1. The van der Waals surface area contributed by atoms with Crippen molar-refractivity contribution in [2.75, 3.05) is 0 Å². The first-order chi connectivity index (χ1) is 6.79. The molecule has 0 aromatic rings. The van der Waals surface area contributed by atoms with Gasteiger partial charge in [-0.15, -0.1) is 0 Å². The Kier molecular flexibility index (Phi) is 3.22. The standard InChI is InChI=1S/C12H21NO/c13-11-7-3-1-5-9(11)10-6-2-4-8-12(10)14/h9-11H,1-8,13H2. The molecule has 0 aliphatic heterocycles. The summed E-state index contributed by atoms with van der Waals surface area (Å²) in [5.41, 5.74) is 6.12. The second kappa shape index (κ2) is 4.43. The van der Waals surface area contributed by atoms with E-state index in [1.54, 1.807) is 0 Å². The van der Waals surface area contributed by atoms with E-state index in [1.807, 2.05) is 0 Å². The van der Waals surface area contributed by atoms with E-state index in [0.29, 0.717) is 23.7 Å². The molecule has 2 nitrogen and oxygen atoms in total. The van der Waals surface area contributed by atoms with Crippen molar-refractivity contribution in [1.82, 2.24) is 0 Å². The number of carbonyl (C=O) groups is 1. The van der Waals surface area contributed by atoms with Crippen molar-refractivity contribution in [1.29, 1.82) is 0 Å². The predicted molar refractivity (Wildman–Crippen MR) is 56.9 cm³/mol. The lowest BCUT2D eigenvalue weighted by Crippen LogP contribution is -2.41. The highest BCUT2D eigenvalue weighted by Crippen LogP contribution is 2.35. The van der Waals surface area contributed by atoms with Crippen molar-refractivity contribution < 1.29 is 4.79 Å². The van der Waals surface area contributed by atoms with Gasteiger partial charge < -0.3 is 5.73 Å². The lowest BCUT2D eigenvalue weighted by atomic mass is 9.70. The highest BCUT2D eigenvalue weighted by atomic mass is 16.1. The van der Waals surface area contributed by atoms with E-state index in [1.165, 1.54) is 25.7 Å². The monoisotopic (exact) mass is 195 g/mol. The molecular formula is C12H21NO. The molecule has 2 aliphatic carbocycles. The van der Waals surface area contributed by atoms with E-state index in [2.05, 4.69) is 0 Å². The zero-order valence-corrected chi connectivity index (χ0v) is 8.87. The van der Waals surface area contributed by atoms with Gasteiger partial charge in [0, 0.05) is 18.4 Å². The third-order valence-electron chi connectivity index (χ3n) is 3.99. The fraction of sp³-hybridized carbons (Fsp3) is 0.917. The van der Waals surface area contributed by atoms with E-state index < -0.39 is 0 Å². The first kappa shape index (κ1) is 10.2. The zero-order valence-electron chi connectivity index (χ0n) is 8.87. The Morgan fingerprint density at radius 3 is 2.43 bits per heavy atom. The van der Waals surface area contributed by atoms with Crippen molar-refractivity contribution in [3.8, 4) is 0 Å². The van der Waals surface area contributed by atoms with Crippen LogP contribution < -0.4 is 5.73 Å². The Morgan fingerprint density at radius 1 is 1.00 bits per heavy atom. The molecule has 0 saturated heterocycles. The van der Waals surface area contributed by atoms with Gasteiger partial charge in [-0.05, 0) is 31.6 Å². The Morgan fingerprint density at radius 2 is 1.71 bits per heavy atom. The van der Waals surface area contributed by atoms with Crippen LogP contribution in [0.25, 0.3) is 0 Å². The van der Waals surface area contributed by atoms with Crippen LogP contribution in [-0.2, 0) is 4.79 Å². The average molecular weight is 195 g/mol. The van der Waals surface area contributed by atoms with Gasteiger partial charge >= 0.3 is 0 Å². The van der Waals surface area contributed by atoms with Gasteiger partial charge in [0.2, 0.25) is 0 Å². The molecule has 0 amide bonds. The Hall–Kier alpha value is -0.370. The molecule has 2 heteroatoms. The molecule has 0 spiro atoms. The van der Waals surface area contributed by atoms with E-state index in [0.717, 1.165) is 25.7 Å². The number of hydrogen-bond acceptors (Lipinski definition) is 2. The van der Waals surface area contributed by atoms with Gasteiger partial charge in [0.25, 0.3) is 0 Å². The molecular weight excluding hydrogens is 174 g/mol. The van der Waals surface area contributed by atoms with Crippen LogP contribution in [0.2, 0.25) is 0 Å². The Bertz CT molecular complexity index is 214. The van der Waals surface area contributed by atoms with Crippen LogP contribution in [0.5, 0.6) is 0 Å². The van der Waals surface area contributed by atoms with Gasteiger partial charge in [0.1, 0.15) is 5.78 Å². The summed E-state index contributed by atoms with van der Waals surface area (Å²) in [6.45, 7) is 0. The first-order valence-electron chi connectivity index (χ1n) is 6.07. The minimum atomic E-state index is 0.302. The number of nitrogens with two attached hydrogens (primary N) is 1. The molecule has 0 radical (unpaired) electrons. The molecule has 2 rings (SSSR count). The van der Waals surface area contributed by atoms with Gasteiger partial charge in [-0.3, -0.25) is 4.79 Å². The quantitative estimate of drug-likeness (QED) is 0.697. The van der Waals surface area contributed by atoms with Crippen LogP contribution >= 0.6 is 0 Å². The van der Waals surface area contributed by atoms with Crippen LogP contribution in [0.4, 0.5) is 0 Å². The molecule has 0 heterocycles. The third-order valence-corrected chi connectivity index (χ3v) is 3.99. The van der Waals surface area contributed by atoms with Gasteiger partial charge in [0.15, 0.2) is 0 Å². The normalized spacial score (nSPS) is 39.8. The van der Waals surface area contributed by atoms with E-state index in [9.17, 15) is 4.79 Å². The predicted octanol–water partition coefficient (Wildman–Crippen LogP) is 2.26. The molecule has 0 bridgehead atoms. The van der Waals surface area contributed by atoms with E-state index in [-0.39, 0.29) is 0 Å². The SMILES string of the molecule is NC1CCCCC1C1CCCCC1=O. The van der Waals surface area contributed by atoms with Crippen molar-refractivity contribution in [3.63, 3.8) is 0 Å². The Balaban J connectivity index is 2.00. The summed E-state index contributed by atoms with van der Waals surface area (Å²) in [7, 11) is 0. The third kappa shape index (κ3) is 2.00. The maximum absolute atomic E-state index is 11.8. The van der Waals surface area contributed by atoms with Crippen LogP contribution in [0.3, 0.4) is 0 Å². The van der Waals surface area contributed by atoms with E-state index in [4.69, 9.17) is 5.73 Å². The van der Waals surface area contributed by atoms with Crippen LogP contribution in [0.15, 0.2) is 0 Å². The van der Waals surface area contributed by atoms with Crippen molar-refractivity contribution in [3.05, 3.63) is 0 Å². The molecule has 2 aliphatic rings. The number of hydrogen-bond donors (Lipinski definition) is 1. The second-order valence-corrected chi connectivity index (χ2v) is 4.93. The molecule has 2 N–H and O–H groups in total. The molecule has 0 aromatic heterocycles. The summed E-state index contributed by atoms with van der Waals surface area (Å²) < 4.78 is 0. The fourth-order valence-electron chi connectivity index (χ4n) is 3.15. The van der Waals surface area contributed by atoms with Crippen LogP contribution in [0, 0.1) is 11.8 Å². The molecule has 3 atom stereocenters. The maximum atomic E-state index is 11.8. The summed E-state index contributed by atoms with van der Waals surface area (Å²) in [5.74, 6) is 1.33. The van der Waals surface area contributed by atoms with Gasteiger partial charge in [0.05, 0.1) is 0 Å². The minimum Gasteiger partial charge on any atom is -0.327 e. The van der Waals surface area contributed by atoms with Crippen LogP contribution in [-0.4, -0.2) is 11.8 Å². The summed E-state index contributed by atoms with van der Waals surface area (Å²) >= 11 is 0. The highest BCUT2D eigenvalue weighted by Gasteiger charge is 2.34. The average Bonchev–Trinajstić information content (AvgIpc) is 2.20. The van der Waals surface area contributed by atoms with Gasteiger partial charge in [-0.1, -0.05) is 19.3 Å². The summed E-state index contributed by atoms with van der Waals surface area (Å²) in [6.07, 6.45) is 9.13.